The van der Waals surface area contributed by atoms with E-state index in [9.17, 15) is 62.3 Å². The summed E-state index contributed by atoms with van der Waals surface area (Å²) in [6.45, 7) is 11.9. The van der Waals surface area contributed by atoms with Crippen molar-refractivity contribution < 1.29 is 62.3 Å². The lowest BCUT2D eigenvalue weighted by Crippen LogP contribution is -2.53. The number of nitrogens with zero attached hydrogens (tertiary/aromatic N) is 2. The summed E-state index contributed by atoms with van der Waals surface area (Å²) >= 11 is 0. The first-order valence-electron chi connectivity index (χ1n) is 21.9. The Hall–Kier alpha value is -5.10. The highest BCUT2D eigenvalue weighted by atomic mass is 19.4. The SMILES string of the molecule is Cc1ccccc1[C@@H]1CNCC[C@H]1N(C)C(=O)C(C)(C)c1cc(C(F)(F)F)cc(C(F)(F)F)c1.Cc1ccccc1[C@H]1CNCC[C@@H]1N(C)C(=O)C(C)(C)c1cc(C(F)(F)F)cc(C(F)(F)F)c1. The number of benzene rings is 4. The minimum atomic E-state index is -4.98. The smallest absolute Gasteiger partial charge is 0.341 e. The minimum absolute atomic E-state index is 0.0630. The average molecular weight is 973 g/mol. The maximum atomic E-state index is 13.6. The molecule has 0 aromatic heterocycles. The molecule has 2 heterocycles. The van der Waals surface area contributed by atoms with E-state index in [1.54, 1.807) is 14.1 Å². The molecule has 0 radical (unpaired) electrons. The Morgan fingerprint density at radius 3 is 1.00 bits per heavy atom. The van der Waals surface area contributed by atoms with Gasteiger partial charge in [0.2, 0.25) is 11.8 Å². The van der Waals surface area contributed by atoms with E-state index in [1.807, 2.05) is 62.4 Å². The Morgan fingerprint density at radius 1 is 0.471 bits per heavy atom. The van der Waals surface area contributed by atoms with Gasteiger partial charge in [-0.25, -0.2) is 0 Å². The van der Waals surface area contributed by atoms with E-state index < -0.39 is 69.6 Å². The lowest BCUT2D eigenvalue weighted by atomic mass is 9.79. The molecule has 0 unspecified atom stereocenters. The number of alkyl halides is 12. The number of carbonyl (C=O) groups excluding carboxylic acids is 2. The minimum Gasteiger partial charge on any atom is -0.341 e. The van der Waals surface area contributed by atoms with Crippen LogP contribution in [0.3, 0.4) is 0 Å². The largest absolute Gasteiger partial charge is 0.416 e. The van der Waals surface area contributed by atoms with Crippen LogP contribution in [0.5, 0.6) is 0 Å². The van der Waals surface area contributed by atoms with Gasteiger partial charge >= 0.3 is 24.7 Å². The van der Waals surface area contributed by atoms with Crippen molar-refractivity contribution in [3.8, 4) is 0 Å². The van der Waals surface area contributed by atoms with E-state index in [2.05, 4.69) is 10.6 Å². The van der Waals surface area contributed by atoms with Crippen LogP contribution in [0.1, 0.15) is 108 Å². The fourth-order valence-corrected chi connectivity index (χ4v) is 9.32. The first-order valence-corrected chi connectivity index (χ1v) is 21.9. The molecule has 2 amide bonds. The number of piperidine rings is 2. The second kappa shape index (κ2) is 20.1. The summed E-state index contributed by atoms with van der Waals surface area (Å²) in [5, 5.41) is 6.63. The molecule has 2 saturated heterocycles. The zero-order valence-corrected chi connectivity index (χ0v) is 38.9. The molecular formula is C50H56F12N4O2. The Kier molecular flexibility index (Phi) is 15.9. The first-order chi connectivity index (χ1) is 31.3. The van der Waals surface area contributed by atoms with Gasteiger partial charge in [0.1, 0.15) is 0 Å². The molecule has 6 rings (SSSR count). The summed E-state index contributed by atoms with van der Waals surface area (Å²) < 4.78 is 161. The Balaban J connectivity index is 0.000000254. The molecule has 4 atom stereocenters. The predicted octanol–water partition coefficient (Wildman–Crippen LogP) is 11.8. The number of nitrogens with one attached hydrogen (secondary N) is 2. The summed E-state index contributed by atoms with van der Waals surface area (Å²) in [5.41, 5.74) is -5.40. The van der Waals surface area contributed by atoms with Gasteiger partial charge in [-0.05, 0) is 137 Å². The maximum Gasteiger partial charge on any atom is 0.416 e. The monoisotopic (exact) mass is 972 g/mol. The van der Waals surface area contributed by atoms with Gasteiger partial charge in [0, 0.05) is 51.1 Å². The number of amides is 2. The zero-order valence-electron chi connectivity index (χ0n) is 38.9. The molecule has 2 aliphatic rings. The highest BCUT2D eigenvalue weighted by Gasteiger charge is 2.45. The second-order valence-corrected chi connectivity index (χ2v) is 18.7. The molecule has 0 bridgehead atoms. The molecule has 0 saturated carbocycles. The maximum absolute atomic E-state index is 13.6. The third-order valence-corrected chi connectivity index (χ3v) is 13.4. The third kappa shape index (κ3) is 12.0. The van der Waals surface area contributed by atoms with E-state index in [-0.39, 0.29) is 47.2 Å². The molecule has 372 valence electrons. The van der Waals surface area contributed by atoms with Crippen molar-refractivity contribution in [2.75, 3.05) is 40.3 Å². The van der Waals surface area contributed by atoms with Gasteiger partial charge in [0.05, 0.1) is 33.1 Å². The van der Waals surface area contributed by atoms with Gasteiger partial charge in [-0.3, -0.25) is 9.59 Å². The Bertz CT molecular complexity index is 2190. The quantitative estimate of drug-likeness (QED) is 0.173. The van der Waals surface area contributed by atoms with Crippen LogP contribution >= 0.6 is 0 Å². The van der Waals surface area contributed by atoms with Crippen LogP contribution in [-0.4, -0.2) is 74.0 Å². The van der Waals surface area contributed by atoms with Gasteiger partial charge < -0.3 is 20.4 Å². The predicted molar refractivity (Wildman–Crippen MR) is 235 cm³/mol. The molecule has 2 N–H and O–H groups in total. The van der Waals surface area contributed by atoms with Crippen LogP contribution in [0.4, 0.5) is 52.7 Å². The summed E-state index contributed by atoms with van der Waals surface area (Å²) in [7, 11) is 3.15. The van der Waals surface area contributed by atoms with E-state index in [0.717, 1.165) is 22.3 Å². The van der Waals surface area contributed by atoms with Crippen molar-refractivity contribution in [2.24, 2.45) is 0 Å². The average Bonchev–Trinajstić information content (AvgIpc) is 3.27. The molecule has 0 spiro atoms. The van der Waals surface area contributed by atoms with Gasteiger partial charge in [0.25, 0.3) is 0 Å². The number of carbonyl (C=O) groups is 2. The normalized spacial score (nSPS) is 19.7. The Labute approximate surface area is 388 Å². The summed E-state index contributed by atoms with van der Waals surface area (Å²) in [6, 6.07) is 17.7. The molecule has 2 aliphatic heterocycles. The van der Waals surface area contributed by atoms with Crippen molar-refractivity contribution in [1.29, 1.82) is 0 Å². The van der Waals surface area contributed by atoms with Crippen molar-refractivity contribution in [2.45, 2.75) is 114 Å². The third-order valence-electron chi connectivity index (χ3n) is 13.4. The fourth-order valence-electron chi connectivity index (χ4n) is 9.32. The van der Waals surface area contributed by atoms with Crippen LogP contribution in [0.25, 0.3) is 0 Å². The van der Waals surface area contributed by atoms with Gasteiger partial charge in [0.15, 0.2) is 0 Å². The van der Waals surface area contributed by atoms with E-state index in [4.69, 9.17) is 0 Å². The molecular weight excluding hydrogens is 917 g/mol. The number of hydrogen-bond acceptors (Lipinski definition) is 4. The first kappa shape index (κ1) is 53.8. The van der Waals surface area contributed by atoms with Crippen molar-refractivity contribution in [3.63, 3.8) is 0 Å². The number of likely N-dealkylation sites (N-methyl/N-ethyl adjacent to an activating group) is 2. The van der Waals surface area contributed by atoms with E-state index >= 15 is 0 Å². The lowest BCUT2D eigenvalue weighted by Gasteiger charge is -2.42. The summed E-state index contributed by atoms with van der Waals surface area (Å²) in [5.74, 6) is -1.20. The standard InChI is InChI=1S/2C25H28F6N2O/c2*1-15-7-5-6-8-19(15)20-14-32-10-9-21(20)33(4)22(34)23(2,3)16-11-17(24(26,27)28)13-18(12-16)25(29,30)31/h2*5-8,11-13,20-21,32H,9-10,14H2,1-4H3/t2*20-,21+/m10/s1. The van der Waals surface area contributed by atoms with Crippen LogP contribution in [-0.2, 0) is 45.1 Å². The molecule has 18 heteroatoms. The van der Waals surface area contributed by atoms with Crippen LogP contribution in [0.2, 0.25) is 0 Å². The molecule has 2 fully saturated rings. The van der Waals surface area contributed by atoms with Crippen LogP contribution < -0.4 is 10.6 Å². The zero-order chi connectivity index (χ0) is 50.9. The van der Waals surface area contributed by atoms with Gasteiger partial charge in [-0.15, -0.1) is 0 Å². The molecule has 4 aromatic carbocycles. The highest BCUT2D eigenvalue weighted by molar-refractivity contribution is 5.88. The highest BCUT2D eigenvalue weighted by Crippen LogP contribution is 2.43. The molecule has 6 nitrogen and oxygen atoms in total. The van der Waals surface area contributed by atoms with Crippen molar-refractivity contribution in [1.82, 2.24) is 20.4 Å². The van der Waals surface area contributed by atoms with Crippen LogP contribution in [0, 0.1) is 13.8 Å². The Morgan fingerprint density at radius 2 is 0.735 bits per heavy atom. The van der Waals surface area contributed by atoms with E-state index in [1.165, 1.54) is 37.5 Å². The fraction of sp³-hybridized carbons (Fsp3) is 0.480. The second-order valence-electron chi connectivity index (χ2n) is 18.7. The summed E-state index contributed by atoms with van der Waals surface area (Å²) in [4.78, 5) is 30.2. The van der Waals surface area contributed by atoms with Gasteiger partial charge in [-0.1, -0.05) is 48.5 Å². The van der Waals surface area contributed by atoms with Crippen molar-refractivity contribution in [3.05, 3.63) is 141 Å². The molecule has 68 heavy (non-hydrogen) atoms. The molecule has 4 aromatic rings. The molecule has 0 aliphatic carbocycles. The summed E-state index contributed by atoms with van der Waals surface area (Å²) in [6.07, 6.45) is -18.7. The van der Waals surface area contributed by atoms with Crippen LogP contribution in [0.15, 0.2) is 84.9 Å². The number of rotatable bonds is 8. The lowest BCUT2D eigenvalue weighted by molar-refractivity contribution is -0.145. The van der Waals surface area contributed by atoms with Crippen molar-refractivity contribution >= 4 is 11.8 Å². The number of halogens is 12. The van der Waals surface area contributed by atoms with Gasteiger partial charge in [-0.2, -0.15) is 52.7 Å². The number of aryl methyl sites for hydroxylation is 2. The topological polar surface area (TPSA) is 64.7 Å². The van der Waals surface area contributed by atoms with E-state index in [0.29, 0.717) is 63.3 Å². The number of hydrogen-bond donors (Lipinski definition) is 2.